The minimum Gasteiger partial charge on any atom is -0.402 e. The number of amides is 1. The van der Waals surface area contributed by atoms with Crippen LogP contribution in [0.2, 0.25) is 0 Å². The summed E-state index contributed by atoms with van der Waals surface area (Å²) in [4.78, 5) is 13.1. The van der Waals surface area contributed by atoms with Crippen LogP contribution in [0, 0.1) is 0 Å². The highest BCUT2D eigenvalue weighted by molar-refractivity contribution is 5.88. The molecule has 68 valence electrons. The zero-order valence-electron chi connectivity index (χ0n) is 7.25. The van der Waals surface area contributed by atoms with Crippen molar-refractivity contribution in [3.63, 3.8) is 0 Å². The fraction of sp³-hybridized carbons (Fsp3) is 0.625. The fourth-order valence-corrected chi connectivity index (χ4v) is 1.07. The van der Waals surface area contributed by atoms with E-state index in [1.54, 1.807) is 11.8 Å². The van der Waals surface area contributed by atoms with Gasteiger partial charge in [0.05, 0.1) is 13.2 Å². The predicted molar refractivity (Wildman–Crippen MR) is 45.3 cm³/mol. The highest BCUT2D eigenvalue weighted by atomic mass is 16.5. The lowest BCUT2D eigenvalue weighted by Crippen LogP contribution is -2.40. The summed E-state index contributed by atoms with van der Waals surface area (Å²) < 4.78 is 5.11. The number of ether oxygens (including phenoxy) is 1. The molecule has 0 aromatic heterocycles. The highest BCUT2D eigenvalue weighted by Gasteiger charge is 2.14. The third-order valence-corrected chi connectivity index (χ3v) is 1.67. The first-order valence-corrected chi connectivity index (χ1v) is 4.00. The Bertz CT molecular complexity index is 191. The summed E-state index contributed by atoms with van der Waals surface area (Å²) in [5.41, 5.74) is 5.93. The third-order valence-electron chi connectivity index (χ3n) is 1.67. The number of carbonyl (C=O) groups excluding carboxylic acids is 1. The van der Waals surface area contributed by atoms with Gasteiger partial charge in [0.1, 0.15) is 0 Å². The maximum atomic E-state index is 11.3. The number of morpholine rings is 1. The molecule has 1 heterocycles. The average Bonchev–Trinajstić information content (AvgIpc) is 2.05. The topological polar surface area (TPSA) is 55.6 Å². The third kappa shape index (κ3) is 2.54. The number of nitrogens with zero attached hydrogens (tertiary/aromatic N) is 1. The van der Waals surface area contributed by atoms with E-state index in [1.807, 2.05) is 0 Å². The zero-order chi connectivity index (χ0) is 8.97. The van der Waals surface area contributed by atoms with Gasteiger partial charge in [-0.2, -0.15) is 0 Å². The first kappa shape index (κ1) is 9.06. The molecule has 12 heavy (non-hydrogen) atoms. The van der Waals surface area contributed by atoms with Crippen LogP contribution in [-0.4, -0.2) is 37.1 Å². The van der Waals surface area contributed by atoms with Crippen molar-refractivity contribution >= 4 is 5.91 Å². The number of nitrogens with two attached hydrogens (primary N) is 1. The maximum Gasteiger partial charge on any atom is 0.248 e. The largest absolute Gasteiger partial charge is 0.402 e. The Morgan fingerprint density at radius 2 is 2.08 bits per heavy atom. The van der Waals surface area contributed by atoms with Crippen LogP contribution in [0.15, 0.2) is 11.8 Å². The van der Waals surface area contributed by atoms with E-state index in [9.17, 15) is 4.79 Å². The smallest absolute Gasteiger partial charge is 0.248 e. The lowest BCUT2D eigenvalue weighted by atomic mass is 10.3. The molecule has 0 bridgehead atoms. The van der Waals surface area contributed by atoms with Gasteiger partial charge >= 0.3 is 0 Å². The normalized spacial score (nSPS) is 19.4. The van der Waals surface area contributed by atoms with Crippen molar-refractivity contribution in [3.8, 4) is 0 Å². The lowest BCUT2D eigenvalue weighted by Gasteiger charge is -2.25. The first-order chi connectivity index (χ1) is 5.70. The second-order valence-corrected chi connectivity index (χ2v) is 2.83. The Hall–Kier alpha value is -1.03. The van der Waals surface area contributed by atoms with Gasteiger partial charge in [0, 0.05) is 24.9 Å². The molecule has 1 amide bonds. The van der Waals surface area contributed by atoms with Gasteiger partial charge in [-0.3, -0.25) is 4.79 Å². The molecule has 4 heteroatoms. The monoisotopic (exact) mass is 170 g/mol. The summed E-state index contributed by atoms with van der Waals surface area (Å²) >= 11 is 0. The van der Waals surface area contributed by atoms with Crippen molar-refractivity contribution in [2.75, 3.05) is 26.3 Å². The van der Waals surface area contributed by atoms with Crippen LogP contribution in [0.5, 0.6) is 0 Å². The molecule has 1 aliphatic heterocycles. The van der Waals surface area contributed by atoms with E-state index in [2.05, 4.69) is 0 Å². The van der Waals surface area contributed by atoms with Gasteiger partial charge in [-0.25, -0.2) is 0 Å². The molecule has 0 unspecified atom stereocenters. The van der Waals surface area contributed by atoms with Gasteiger partial charge in [0.25, 0.3) is 0 Å². The van der Waals surface area contributed by atoms with Gasteiger partial charge in [0.2, 0.25) is 5.91 Å². The molecular formula is C8H14N2O2. The van der Waals surface area contributed by atoms with E-state index < -0.39 is 0 Å². The summed E-state index contributed by atoms with van der Waals surface area (Å²) in [7, 11) is 0. The Balaban J connectivity index is 2.45. The van der Waals surface area contributed by atoms with Crippen LogP contribution < -0.4 is 5.73 Å². The minimum atomic E-state index is -0.0155. The van der Waals surface area contributed by atoms with Crippen LogP contribution in [0.3, 0.4) is 0 Å². The Morgan fingerprint density at radius 3 is 2.58 bits per heavy atom. The van der Waals surface area contributed by atoms with Crippen LogP contribution in [0.4, 0.5) is 0 Å². The molecule has 0 aromatic carbocycles. The van der Waals surface area contributed by atoms with Crippen LogP contribution >= 0.6 is 0 Å². The summed E-state index contributed by atoms with van der Waals surface area (Å²) in [6.45, 7) is 4.30. The highest BCUT2D eigenvalue weighted by Crippen LogP contribution is 1.98. The maximum absolute atomic E-state index is 11.3. The molecule has 0 radical (unpaired) electrons. The zero-order valence-corrected chi connectivity index (χ0v) is 7.25. The van der Waals surface area contributed by atoms with Gasteiger partial charge in [-0.15, -0.1) is 0 Å². The van der Waals surface area contributed by atoms with Crippen molar-refractivity contribution in [2.45, 2.75) is 6.92 Å². The van der Waals surface area contributed by atoms with E-state index in [0.717, 1.165) is 0 Å². The quantitative estimate of drug-likeness (QED) is 0.550. The summed E-state index contributed by atoms with van der Waals surface area (Å²) in [6, 6.07) is 0. The minimum absolute atomic E-state index is 0.0155. The number of hydrogen-bond acceptors (Lipinski definition) is 3. The molecule has 2 N–H and O–H groups in total. The SMILES string of the molecule is C/C(N)=C/C(=O)N1CCOCC1. The molecule has 1 rings (SSSR count). The Morgan fingerprint density at radius 1 is 1.50 bits per heavy atom. The van der Waals surface area contributed by atoms with E-state index in [0.29, 0.717) is 32.0 Å². The second-order valence-electron chi connectivity index (χ2n) is 2.83. The van der Waals surface area contributed by atoms with Crippen molar-refractivity contribution in [3.05, 3.63) is 11.8 Å². The second kappa shape index (κ2) is 4.11. The molecule has 1 saturated heterocycles. The van der Waals surface area contributed by atoms with E-state index in [-0.39, 0.29) is 5.91 Å². The number of rotatable bonds is 1. The molecule has 0 saturated carbocycles. The van der Waals surface area contributed by atoms with Crippen molar-refractivity contribution < 1.29 is 9.53 Å². The molecular weight excluding hydrogens is 156 g/mol. The van der Waals surface area contributed by atoms with Crippen LogP contribution in [0.25, 0.3) is 0 Å². The fourth-order valence-electron chi connectivity index (χ4n) is 1.07. The van der Waals surface area contributed by atoms with Crippen LogP contribution in [-0.2, 0) is 9.53 Å². The van der Waals surface area contributed by atoms with E-state index >= 15 is 0 Å². The summed E-state index contributed by atoms with van der Waals surface area (Å²) in [6.07, 6.45) is 1.45. The summed E-state index contributed by atoms with van der Waals surface area (Å²) in [5, 5.41) is 0. The van der Waals surface area contributed by atoms with Crippen molar-refractivity contribution in [1.82, 2.24) is 4.90 Å². The molecule has 0 spiro atoms. The number of hydrogen-bond donors (Lipinski definition) is 1. The Labute approximate surface area is 72.0 Å². The molecule has 0 aliphatic carbocycles. The Kier molecular flexibility index (Phi) is 3.10. The van der Waals surface area contributed by atoms with Gasteiger partial charge in [-0.1, -0.05) is 0 Å². The van der Waals surface area contributed by atoms with Gasteiger partial charge < -0.3 is 15.4 Å². The van der Waals surface area contributed by atoms with Gasteiger partial charge in [-0.05, 0) is 6.92 Å². The summed E-state index contributed by atoms with van der Waals surface area (Å²) in [5.74, 6) is -0.0155. The van der Waals surface area contributed by atoms with Crippen LogP contribution in [0.1, 0.15) is 6.92 Å². The molecule has 0 atom stereocenters. The number of allylic oxidation sites excluding steroid dienone is 1. The average molecular weight is 170 g/mol. The lowest BCUT2D eigenvalue weighted by molar-refractivity contribution is -0.130. The van der Waals surface area contributed by atoms with Gasteiger partial charge in [0.15, 0.2) is 0 Å². The molecule has 1 fully saturated rings. The predicted octanol–water partition coefficient (Wildman–Crippen LogP) is -0.292. The first-order valence-electron chi connectivity index (χ1n) is 4.00. The number of carbonyl (C=O) groups is 1. The standard InChI is InChI=1S/C8H14N2O2/c1-7(9)6-8(11)10-2-4-12-5-3-10/h6H,2-5,9H2,1H3/b7-6-. The van der Waals surface area contributed by atoms with E-state index in [4.69, 9.17) is 10.5 Å². The molecule has 0 aromatic rings. The molecule has 1 aliphatic rings. The van der Waals surface area contributed by atoms with Crippen molar-refractivity contribution in [2.24, 2.45) is 5.73 Å². The van der Waals surface area contributed by atoms with E-state index in [1.165, 1.54) is 6.08 Å². The van der Waals surface area contributed by atoms with Crippen molar-refractivity contribution in [1.29, 1.82) is 0 Å². The molecule has 4 nitrogen and oxygen atoms in total.